The number of carbonyl (C=O) groups is 1. The first kappa shape index (κ1) is 20.6. The fourth-order valence-corrected chi connectivity index (χ4v) is 5.09. The molecule has 0 radical (unpaired) electrons. The number of aromatic nitrogens is 2. The summed E-state index contributed by atoms with van der Waals surface area (Å²) in [4.78, 5) is 32.4. The highest BCUT2D eigenvalue weighted by molar-refractivity contribution is 8.00. The van der Waals surface area contributed by atoms with E-state index >= 15 is 0 Å². The first-order valence-corrected chi connectivity index (χ1v) is 11.0. The van der Waals surface area contributed by atoms with E-state index in [2.05, 4.69) is 5.32 Å². The van der Waals surface area contributed by atoms with Gasteiger partial charge in [-0.15, -0.1) is 11.3 Å². The second-order valence-electron chi connectivity index (χ2n) is 6.87. The summed E-state index contributed by atoms with van der Waals surface area (Å²) in [6.07, 6.45) is 0. The van der Waals surface area contributed by atoms with E-state index in [0.29, 0.717) is 17.1 Å². The van der Waals surface area contributed by atoms with Crippen molar-refractivity contribution in [3.8, 4) is 5.69 Å². The highest BCUT2D eigenvalue weighted by Gasteiger charge is 2.22. The molecule has 0 aliphatic rings. The fraction of sp³-hybridized carbons (Fsp3) is 0.381. The molecule has 0 aliphatic carbocycles. The number of aryl methyl sites for hydroxylation is 3. The monoisotopic (exact) mass is 415 g/mol. The van der Waals surface area contributed by atoms with Crippen molar-refractivity contribution < 1.29 is 4.79 Å². The predicted octanol–water partition coefficient (Wildman–Crippen LogP) is 4.30. The van der Waals surface area contributed by atoms with Crippen LogP contribution in [-0.2, 0) is 4.79 Å². The van der Waals surface area contributed by atoms with E-state index in [-0.39, 0.29) is 16.7 Å². The Balaban J connectivity index is 2.28. The van der Waals surface area contributed by atoms with Gasteiger partial charge in [0, 0.05) is 11.4 Å². The lowest BCUT2D eigenvalue weighted by Crippen LogP contribution is -2.31. The quantitative estimate of drug-likeness (QED) is 0.498. The molecule has 1 amide bonds. The summed E-state index contributed by atoms with van der Waals surface area (Å²) < 4.78 is 1.67. The lowest BCUT2D eigenvalue weighted by atomic mass is 10.1. The number of rotatable bonds is 5. The van der Waals surface area contributed by atoms with Gasteiger partial charge >= 0.3 is 0 Å². The molecule has 2 heterocycles. The molecule has 28 heavy (non-hydrogen) atoms. The van der Waals surface area contributed by atoms with Crippen LogP contribution in [0.15, 0.2) is 28.2 Å². The lowest BCUT2D eigenvalue weighted by Gasteiger charge is -2.17. The SMILES string of the molecule is CCNC(=O)[C@H](C)Sc1nc2sc(C)c(C)c2c(=O)n1-c1cccc(C)c1C. The molecule has 1 aromatic carbocycles. The molecule has 0 aliphatic heterocycles. The van der Waals surface area contributed by atoms with Gasteiger partial charge in [0.1, 0.15) is 4.83 Å². The summed E-state index contributed by atoms with van der Waals surface area (Å²) in [5.74, 6) is -0.0621. The van der Waals surface area contributed by atoms with Crippen LogP contribution in [0.5, 0.6) is 0 Å². The van der Waals surface area contributed by atoms with Crippen molar-refractivity contribution in [2.45, 2.75) is 51.9 Å². The Morgan fingerprint density at radius 3 is 2.64 bits per heavy atom. The zero-order valence-corrected chi connectivity index (χ0v) is 18.7. The van der Waals surface area contributed by atoms with Gasteiger partial charge in [-0.3, -0.25) is 14.2 Å². The summed E-state index contributed by atoms with van der Waals surface area (Å²) in [5.41, 5.74) is 3.85. The zero-order chi connectivity index (χ0) is 20.6. The van der Waals surface area contributed by atoms with Crippen LogP contribution in [0.4, 0.5) is 0 Å². The molecular formula is C21H25N3O2S2. The van der Waals surface area contributed by atoms with Crippen molar-refractivity contribution in [2.75, 3.05) is 6.54 Å². The maximum Gasteiger partial charge on any atom is 0.267 e. The van der Waals surface area contributed by atoms with Gasteiger partial charge in [-0.05, 0) is 64.3 Å². The minimum atomic E-state index is -0.358. The summed E-state index contributed by atoms with van der Waals surface area (Å²) in [7, 11) is 0. The molecule has 148 valence electrons. The predicted molar refractivity (Wildman–Crippen MR) is 118 cm³/mol. The van der Waals surface area contributed by atoms with Gasteiger partial charge in [0.15, 0.2) is 5.16 Å². The van der Waals surface area contributed by atoms with E-state index in [9.17, 15) is 9.59 Å². The van der Waals surface area contributed by atoms with Crippen LogP contribution in [-0.4, -0.2) is 27.3 Å². The molecular weight excluding hydrogens is 390 g/mol. The average Bonchev–Trinajstić information content (AvgIpc) is 2.92. The van der Waals surface area contributed by atoms with Crippen molar-refractivity contribution in [2.24, 2.45) is 0 Å². The van der Waals surface area contributed by atoms with Crippen molar-refractivity contribution in [1.82, 2.24) is 14.9 Å². The molecule has 3 aromatic rings. The third kappa shape index (κ3) is 3.61. The number of thioether (sulfide) groups is 1. The molecule has 0 spiro atoms. The molecule has 3 rings (SSSR count). The summed E-state index contributed by atoms with van der Waals surface area (Å²) in [6.45, 7) is 12.3. The number of nitrogens with one attached hydrogen (secondary N) is 1. The first-order valence-electron chi connectivity index (χ1n) is 9.30. The number of hydrogen-bond donors (Lipinski definition) is 1. The standard InChI is InChI=1S/C21H25N3O2S2/c1-7-22-18(25)15(6)28-21-23-19-17(13(4)14(5)27-19)20(26)24(21)16-10-8-9-11(2)12(16)3/h8-10,15H,7H2,1-6H3,(H,22,25)/t15-/m0/s1. The van der Waals surface area contributed by atoms with Crippen molar-refractivity contribution in [3.05, 3.63) is 50.1 Å². The Labute approximate surface area is 173 Å². The summed E-state index contributed by atoms with van der Waals surface area (Å²) in [6, 6.07) is 5.91. The van der Waals surface area contributed by atoms with Crippen LogP contribution < -0.4 is 10.9 Å². The second-order valence-corrected chi connectivity index (χ2v) is 9.38. The molecule has 1 atom stereocenters. The summed E-state index contributed by atoms with van der Waals surface area (Å²) in [5, 5.41) is 3.69. The van der Waals surface area contributed by atoms with Crippen LogP contribution in [0.2, 0.25) is 0 Å². The van der Waals surface area contributed by atoms with Gasteiger partial charge in [-0.1, -0.05) is 23.9 Å². The topological polar surface area (TPSA) is 64.0 Å². The Morgan fingerprint density at radius 1 is 1.25 bits per heavy atom. The zero-order valence-electron chi connectivity index (χ0n) is 17.0. The van der Waals surface area contributed by atoms with E-state index in [1.165, 1.54) is 23.1 Å². The van der Waals surface area contributed by atoms with Crippen LogP contribution in [0.25, 0.3) is 15.9 Å². The largest absolute Gasteiger partial charge is 0.355 e. The smallest absolute Gasteiger partial charge is 0.267 e. The maximum absolute atomic E-state index is 13.5. The number of hydrogen-bond acceptors (Lipinski definition) is 5. The van der Waals surface area contributed by atoms with E-state index in [0.717, 1.165) is 32.1 Å². The van der Waals surface area contributed by atoms with E-state index in [1.54, 1.807) is 4.57 Å². The van der Waals surface area contributed by atoms with Crippen LogP contribution in [0, 0.1) is 27.7 Å². The van der Waals surface area contributed by atoms with Crippen molar-refractivity contribution in [1.29, 1.82) is 0 Å². The molecule has 0 saturated carbocycles. The fourth-order valence-electron chi connectivity index (χ4n) is 3.07. The van der Waals surface area contributed by atoms with E-state index < -0.39 is 0 Å². The highest BCUT2D eigenvalue weighted by Crippen LogP contribution is 2.31. The van der Waals surface area contributed by atoms with Gasteiger partial charge in [-0.25, -0.2) is 4.98 Å². The normalized spacial score (nSPS) is 12.4. The van der Waals surface area contributed by atoms with Gasteiger partial charge in [0.25, 0.3) is 5.56 Å². The number of fused-ring (bicyclic) bond motifs is 1. The van der Waals surface area contributed by atoms with Crippen molar-refractivity contribution >= 4 is 39.2 Å². The third-order valence-corrected chi connectivity index (χ3v) is 7.14. The maximum atomic E-state index is 13.5. The second kappa shape index (κ2) is 8.09. The van der Waals surface area contributed by atoms with Gasteiger partial charge in [0.2, 0.25) is 5.91 Å². The van der Waals surface area contributed by atoms with Crippen LogP contribution in [0.1, 0.15) is 35.4 Å². The minimum Gasteiger partial charge on any atom is -0.355 e. The lowest BCUT2D eigenvalue weighted by molar-refractivity contribution is -0.120. The number of benzene rings is 1. The van der Waals surface area contributed by atoms with Gasteiger partial charge in [-0.2, -0.15) is 0 Å². The molecule has 5 nitrogen and oxygen atoms in total. The van der Waals surface area contributed by atoms with Crippen LogP contribution >= 0.6 is 23.1 Å². The third-order valence-electron chi connectivity index (χ3n) is 4.99. The van der Waals surface area contributed by atoms with Gasteiger partial charge in [0.05, 0.1) is 16.3 Å². The molecule has 0 bridgehead atoms. The van der Waals surface area contributed by atoms with Crippen LogP contribution in [0.3, 0.4) is 0 Å². The number of amides is 1. The molecule has 0 fully saturated rings. The number of thiophene rings is 1. The van der Waals surface area contributed by atoms with Gasteiger partial charge < -0.3 is 5.32 Å². The minimum absolute atomic E-state index is 0.0621. The van der Waals surface area contributed by atoms with Crippen molar-refractivity contribution in [3.63, 3.8) is 0 Å². The first-order chi connectivity index (χ1) is 13.3. The Morgan fingerprint density at radius 2 is 1.96 bits per heavy atom. The Bertz CT molecular complexity index is 1120. The molecule has 7 heteroatoms. The Hall–Kier alpha value is -2.12. The molecule has 0 unspecified atom stereocenters. The molecule has 1 N–H and O–H groups in total. The average molecular weight is 416 g/mol. The van der Waals surface area contributed by atoms with E-state index in [4.69, 9.17) is 4.98 Å². The molecule has 2 aromatic heterocycles. The highest BCUT2D eigenvalue weighted by atomic mass is 32.2. The molecule has 0 saturated heterocycles. The summed E-state index contributed by atoms with van der Waals surface area (Å²) >= 11 is 2.84. The number of nitrogens with zero attached hydrogens (tertiary/aromatic N) is 2. The number of carbonyl (C=O) groups excluding carboxylic acids is 1. The van der Waals surface area contributed by atoms with E-state index in [1.807, 2.05) is 59.7 Å². The Kier molecular flexibility index (Phi) is 5.95.